The lowest BCUT2D eigenvalue weighted by Crippen LogP contribution is -2.35. The molecule has 2 heteroatoms. The lowest BCUT2D eigenvalue weighted by Gasteiger charge is -2.27. The van der Waals surface area contributed by atoms with Crippen molar-refractivity contribution < 1.29 is 0 Å². The Morgan fingerprint density at radius 3 is 2.32 bits per heavy atom. The average Bonchev–Trinajstić information content (AvgIpc) is 2.68. The number of hydrogen-bond acceptors (Lipinski definition) is 1. The third kappa shape index (κ3) is 4.22. The summed E-state index contributed by atoms with van der Waals surface area (Å²) in [5, 5.41) is 4.62. The van der Waals surface area contributed by atoms with Gasteiger partial charge in [-0.3, -0.25) is 0 Å². The number of hydrogen-bond donors (Lipinski definition) is 1. The van der Waals surface area contributed by atoms with Crippen LogP contribution < -0.4 is 5.32 Å². The van der Waals surface area contributed by atoms with Gasteiger partial charge in [0.15, 0.2) is 0 Å². The predicted molar refractivity (Wildman–Crippen MR) is 83.7 cm³/mol. The zero-order valence-electron chi connectivity index (χ0n) is 12.2. The summed E-state index contributed by atoms with van der Waals surface area (Å²) in [6, 6.07) is 9.06. The SMILES string of the molecule is CC(N[C@@H](C)C1CCCCCC1)c1ccccc1Cl. The molecule has 0 saturated heterocycles. The molecule has 106 valence electrons. The monoisotopic (exact) mass is 279 g/mol. The minimum Gasteiger partial charge on any atom is -0.307 e. The summed E-state index contributed by atoms with van der Waals surface area (Å²) in [6.07, 6.45) is 8.40. The molecule has 1 fully saturated rings. The molecule has 0 aliphatic heterocycles. The molecule has 0 bridgehead atoms. The van der Waals surface area contributed by atoms with Gasteiger partial charge in [0.1, 0.15) is 0 Å². The fourth-order valence-electron chi connectivity index (χ4n) is 3.26. The van der Waals surface area contributed by atoms with Gasteiger partial charge in [-0.2, -0.15) is 0 Å². The van der Waals surface area contributed by atoms with Crippen LogP contribution in [0.2, 0.25) is 5.02 Å². The van der Waals surface area contributed by atoms with E-state index in [1.54, 1.807) is 0 Å². The molecule has 1 N–H and O–H groups in total. The van der Waals surface area contributed by atoms with Crippen LogP contribution >= 0.6 is 11.6 Å². The first-order chi connectivity index (χ1) is 9.18. The lowest BCUT2D eigenvalue weighted by atomic mass is 9.92. The predicted octanol–water partition coefficient (Wildman–Crippen LogP) is 5.35. The summed E-state index contributed by atoms with van der Waals surface area (Å²) >= 11 is 6.27. The van der Waals surface area contributed by atoms with Crippen molar-refractivity contribution in [2.45, 2.75) is 64.5 Å². The second-order valence-electron chi connectivity index (χ2n) is 5.95. The van der Waals surface area contributed by atoms with E-state index in [1.165, 1.54) is 44.1 Å². The number of nitrogens with one attached hydrogen (secondary N) is 1. The summed E-state index contributed by atoms with van der Waals surface area (Å²) in [4.78, 5) is 0. The van der Waals surface area contributed by atoms with E-state index in [2.05, 4.69) is 31.3 Å². The van der Waals surface area contributed by atoms with Gasteiger partial charge in [-0.1, -0.05) is 55.5 Å². The first kappa shape index (κ1) is 14.9. The van der Waals surface area contributed by atoms with Crippen molar-refractivity contribution in [2.75, 3.05) is 0 Å². The number of rotatable bonds is 4. The highest BCUT2D eigenvalue weighted by molar-refractivity contribution is 6.31. The minimum absolute atomic E-state index is 0.326. The maximum Gasteiger partial charge on any atom is 0.0453 e. The normalized spacial score (nSPS) is 20.8. The smallest absolute Gasteiger partial charge is 0.0453 e. The van der Waals surface area contributed by atoms with Gasteiger partial charge in [-0.05, 0) is 44.2 Å². The van der Waals surface area contributed by atoms with Crippen molar-refractivity contribution in [3.8, 4) is 0 Å². The van der Waals surface area contributed by atoms with Crippen molar-refractivity contribution in [3.63, 3.8) is 0 Å². The standard InChI is InChI=1S/C17H26ClN/c1-13(15-9-5-3-4-6-10-15)19-14(2)16-11-7-8-12-17(16)18/h7-8,11-15,19H,3-6,9-10H2,1-2H3/t13-,14?/m0/s1. The zero-order chi connectivity index (χ0) is 13.7. The first-order valence-corrected chi connectivity index (χ1v) is 8.06. The third-order valence-electron chi connectivity index (χ3n) is 4.49. The summed E-state index contributed by atoms with van der Waals surface area (Å²) in [5.74, 6) is 0.826. The molecule has 1 aliphatic carbocycles. The highest BCUT2D eigenvalue weighted by Gasteiger charge is 2.21. The van der Waals surface area contributed by atoms with Gasteiger partial charge < -0.3 is 5.32 Å². The Balaban J connectivity index is 1.94. The van der Waals surface area contributed by atoms with Gasteiger partial charge in [0.25, 0.3) is 0 Å². The molecule has 0 radical (unpaired) electrons. The van der Waals surface area contributed by atoms with E-state index >= 15 is 0 Å². The Morgan fingerprint density at radius 1 is 1.05 bits per heavy atom. The van der Waals surface area contributed by atoms with Gasteiger partial charge in [0.05, 0.1) is 0 Å². The fraction of sp³-hybridized carbons (Fsp3) is 0.647. The first-order valence-electron chi connectivity index (χ1n) is 7.69. The summed E-state index contributed by atoms with van der Waals surface area (Å²) in [5.41, 5.74) is 1.21. The molecular formula is C17H26ClN. The Morgan fingerprint density at radius 2 is 1.68 bits per heavy atom. The quantitative estimate of drug-likeness (QED) is 0.733. The molecule has 1 nitrogen and oxygen atoms in total. The summed E-state index contributed by atoms with van der Waals surface area (Å²) in [6.45, 7) is 4.55. The van der Waals surface area contributed by atoms with Gasteiger partial charge in [-0.25, -0.2) is 0 Å². The molecule has 0 amide bonds. The van der Waals surface area contributed by atoms with Crippen molar-refractivity contribution in [1.29, 1.82) is 0 Å². The van der Waals surface area contributed by atoms with E-state index in [4.69, 9.17) is 11.6 Å². The van der Waals surface area contributed by atoms with Gasteiger partial charge in [0, 0.05) is 17.1 Å². The minimum atomic E-state index is 0.326. The fourth-order valence-corrected chi connectivity index (χ4v) is 3.56. The van der Waals surface area contributed by atoms with E-state index in [1.807, 2.05) is 12.1 Å². The van der Waals surface area contributed by atoms with Crippen LogP contribution in [0.5, 0.6) is 0 Å². The Kier molecular flexibility index (Phi) is 5.72. The van der Waals surface area contributed by atoms with Crippen LogP contribution in [0.1, 0.15) is 64.0 Å². The summed E-state index contributed by atoms with van der Waals surface area (Å²) < 4.78 is 0. The maximum absolute atomic E-state index is 6.27. The molecule has 2 rings (SSSR count). The molecule has 1 unspecified atom stereocenters. The van der Waals surface area contributed by atoms with E-state index in [0.717, 1.165) is 10.9 Å². The van der Waals surface area contributed by atoms with E-state index < -0.39 is 0 Å². The Hall–Kier alpha value is -0.530. The zero-order valence-corrected chi connectivity index (χ0v) is 12.9. The van der Waals surface area contributed by atoms with Gasteiger partial charge in [0.2, 0.25) is 0 Å². The largest absolute Gasteiger partial charge is 0.307 e. The highest BCUT2D eigenvalue weighted by atomic mass is 35.5. The molecule has 0 aromatic heterocycles. The van der Waals surface area contributed by atoms with E-state index in [9.17, 15) is 0 Å². The van der Waals surface area contributed by atoms with E-state index in [0.29, 0.717) is 12.1 Å². The Bertz CT molecular complexity index is 383. The van der Waals surface area contributed by atoms with Crippen LogP contribution in [0.15, 0.2) is 24.3 Å². The van der Waals surface area contributed by atoms with E-state index in [-0.39, 0.29) is 0 Å². The van der Waals surface area contributed by atoms with Crippen molar-refractivity contribution in [2.24, 2.45) is 5.92 Å². The van der Waals surface area contributed by atoms with Gasteiger partial charge >= 0.3 is 0 Å². The third-order valence-corrected chi connectivity index (χ3v) is 4.84. The molecule has 0 heterocycles. The van der Waals surface area contributed by atoms with Crippen LogP contribution in [-0.2, 0) is 0 Å². The average molecular weight is 280 g/mol. The topological polar surface area (TPSA) is 12.0 Å². The molecule has 0 spiro atoms. The molecular weight excluding hydrogens is 254 g/mol. The highest BCUT2D eigenvalue weighted by Crippen LogP contribution is 2.28. The Labute approximate surface area is 122 Å². The lowest BCUT2D eigenvalue weighted by molar-refractivity contribution is 0.316. The number of benzene rings is 1. The van der Waals surface area contributed by atoms with Crippen molar-refractivity contribution >= 4 is 11.6 Å². The van der Waals surface area contributed by atoms with Crippen molar-refractivity contribution in [3.05, 3.63) is 34.9 Å². The second-order valence-corrected chi connectivity index (χ2v) is 6.36. The van der Waals surface area contributed by atoms with Crippen LogP contribution in [0.25, 0.3) is 0 Å². The molecule has 1 aromatic carbocycles. The molecule has 1 aliphatic rings. The van der Waals surface area contributed by atoms with Crippen LogP contribution in [0, 0.1) is 5.92 Å². The number of halogens is 1. The molecule has 2 atom stereocenters. The maximum atomic E-state index is 6.27. The van der Waals surface area contributed by atoms with Gasteiger partial charge in [-0.15, -0.1) is 0 Å². The summed E-state index contributed by atoms with van der Waals surface area (Å²) in [7, 11) is 0. The van der Waals surface area contributed by atoms with Crippen LogP contribution in [0.3, 0.4) is 0 Å². The van der Waals surface area contributed by atoms with Crippen LogP contribution in [-0.4, -0.2) is 6.04 Å². The van der Waals surface area contributed by atoms with Crippen LogP contribution in [0.4, 0.5) is 0 Å². The molecule has 1 saturated carbocycles. The molecule has 1 aromatic rings. The van der Waals surface area contributed by atoms with Crippen molar-refractivity contribution in [1.82, 2.24) is 5.32 Å². The molecule has 19 heavy (non-hydrogen) atoms. The second kappa shape index (κ2) is 7.31.